The molecule has 0 radical (unpaired) electrons. The fraction of sp³-hybridized carbons (Fsp3) is 0.545. The maximum Gasteiger partial charge on any atom is 0.206 e. The number of nitrogens with zero attached hydrogens (tertiary/aromatic N) is 4. The summed E-state index contributed by atoms with van der Waals surface area (Å²) >= 11 is 1.61. The van der Waals surface area contributed by atoms with Crippen LogP contribution in [-0.4, -0.2) is 20.0 Å². The van der Waals surface area contributed by atoms with Crippen LogP contribution in [0.15, 0.2) is 6.20 Å². The van der Waals surface area contributed by atoms with Crippen molar-refractivity contribution in [3.63, 3.8) is 0 Å². The van der Waals surface area contributed by atoms with Crippen molar-refractivity contribution in [2.75, 3.05) is 5.32 Å². The standard InChI is InChI=1S/C11H17N5S/c1-5-10-13-14-11(17-10)12-7(2)9-6-16(4)15-8(9)3/h6-7H,5H2,1-4H3,(H,12,14). The van der Waals surface area contributed by atoms with Crippen LogP contribution in [-0.2, 0) is 13.5 Å². The first-order valence-corrected chi connectivity index (χ1v) is 6.51. The molecule has 0 aliphatic rings. The van der Waals surface area contributed by atoms with Crippen molar-refractivity contribution in [1.82, 2.24) is 20.0 Å². The third-order valence-corrected chi connectivity index (χ3v) is 3.63. The predicted octanol–water partition coefficient (Wildman–Crippen LogP) is 2.32. The molecule has 5 nitrogen and oxygen atoms in total. The minimum atomic E-state index is 0.196. The topological polar surface area (TPSA) is 55.6 Å². The van der Waals surface area contributed by atoms with Gasteiger partial charge in [-0.3, -0.25) is 4.68 Å². The Labute approximate surface area is 105 Å². The highest BCUT2D eigenvalue weighted by atomic mass is 32.1. The van der Waals surface area contributed by atoms with E-state index in [1.807, 2.05) is 24.9 Å². The van der Waals surface area contributed by atoms with Gasteiger partial charge in [0.15, 0.2) is 0 Å². The van der Waals surface area contributed by atoms with E-state index in [0.717, 1.165) is 22.3 Å². The Hall–Kier alpha value is -1.43. The summed E-state index contributed by atoms with van der Waals surface area (Å²) < 4.78 is 1.83. The Bertz CT molecular complexity index is 502. The molecule has 2 rings (SSSR count). The quantitative estimate of drug-likeness (QED) is 0.906. The summed E-state index contributed by atoms with van der Waals surface area (Å²) in [6, 6.07) is 0.196. The highest BCUT2D eigenvalue weighted by molar-refractivity contribution is 7.15. The van der Waals surface area contributed by atoms with Gasteiger partial charge in [-0.15, -0.1) is 10.2 Å². The summed E-state index contributed by atoms with van der Waals surface area (Å²) in [6.45, 7) is 6.21. The molecular formula is C11H17N5S. The van der Waals surface area contributed by atoms with Gasteiger partial charge in [-0.1, -0.05) is 18.3 Å². The minimum Gasteiger partial charge on any atom is -0.353 e. The number of aryl methyl sites for hydroxylation is 3. The molecule has 0 spiro atoms. The van der Waals surface area contributed by atoms with Crippen molar-refractivity contribution in [3.05, 3.63) is 22.5 Å². The molecule has 2 aromatic rings. The average Bonchev–Trinajstić information content (AvgIpc) is 2.85. The number of rotatable bonds is 4. The summed E-state index contributed by atoms with van der Waals surface area (Å²) in [5.41, 5.74) is 2.24. The molecule has 0 aromatic carbocycles. The van der Waals surface area contributed by atoms with Crippen LogP contribution < -0.4 is 5.32 Å². The molecule has 1 N–H and O–H groups in total. The van der Waals surface area contributed by atoms with Crippen molar-refractivity contribution in [3.8, 4) is 0 Å². The molecular weight excluding hydrogens is 234 g/mol. The van der Waals surface area contributed by atoms with E-state index >= 15 is 0 Å². The molecule has 0 bridgehead atoms. The van der Waals surface area contributed by atoms with Gasteiger partial charge in [-0.25, -0.2) is 0 Å². The van der Waals surface area contributed by atoms with Crippen molar-refractivity contribution in [2.45, 2.75) is 33.2 Å². The Morgan fingerprint density at radius 1 is 1.47 bits per heavy atom. The van der Waals surface area contributed by atoms with Gasteiger partial charge in [0.1, 0.15) is 5.01 Å². The lowest BCUT2D eigenvalue weighted by molar-refractivity contribution is 0.756. The number of anilines is 1. The lowest BCUT2D eigenvalue weighted by Crippen LogP contribution is -2.06. The molecule has 6 heteroatoms. The van der Waals surface area contributed by atoms with Gasteiger partial charge in [0.25, 0.3) is 0 Å². The zero-order valence-corrected chi connectivity index (χ0v) is 11.4. The van der Waals surface area contributed by atoms with E-state index in [9.17, 15) is 0 Å². The molecule has 0 aliphatic carbocycles. The zero-order chi connectivity index (χ0) is 12.4. The second-order valence-corrected chi connectivity index (χ2v) is 5.13. The number of nitrogens with one attached hydrogen (secondary N) is 1. The van der Waals surface area contributed by atoms with Crippen molar-refractivity contribution >= 4 is 16.5 Å². The van der Waals surface area contributed by atoms with Crippen LogP contribution in [0.2, 0.25) is 0 Å². The number of hydrogen-bond donors (Lipinski definition) is 1. The van der Waals surface area contributed by atoms with Gasteiger partial charge in [-0.05, 0) is 20.3 Å². The van der Waals surface area contributed by atoms with E-state index in [-0.39, 0.29) is 6.04 Å². The summed E-state index contributed by atoms with van der Waals surface area (Å²) in [4.78, 5) is 0. The van der Waals surface area contributed by atoms with Gasteiger partial charge >= 0.3 is 0 Å². The van der Waals surface area contributed by atoms with Gasteiger partial charge in [-0.2, -0.15) is 5.10 Å². The highest BCUT2D eigenvalue weighted by Gasteiger charge is 2.13. The Balaban J connectivity index is 2.11. The lowest BCUT2D eigenvalue weighted by atomic mass is 10.1. The fourth-order valence-electron chi connectivity index (χ4n) is 1.76. The maximum absolute atomic E-state index is 4.34. The third kappa shape index (κ3) is 2.63. The summed E-state index contributed by atoms with van der Waals surface area (Å²) in [5, 5.41) is 17.8. The molecule has 1 unspecified atom stereocenters. The van der Waals surface area contributed by atoms with E-state index in [1.54, 1.807) is 11.3 Å². The predicted molar refractivity (Wildman–Crippen MR) is 69.3 cm³/mol. The van der Waals surface area contributed by atoms with E-state index in [0.29, 0.717) is 0 Å². The highest BCUT2D eigenvalue weighted by Crippen LogP contribution is 2.23. The van der Waals surface area contributed by atoms with Crippen LogP contribution in [0.3, 0.4) is 0 Å². The monoisotopic (exact) mass is 251 g/mol. The fourth-order valence-corrected chi connectivity index (χ4v) is 2.53. The largest absolute Gasteiger partial charge is 0.353 e. The lowest BCUT2D eigenvalue weighted by Gasteiger charge is -2.10. The molecule has 1 atom stereocenters. The van der Waals surface area contributed by atoms with E-state index in [4.69, 9.17) is 0 Å². The van der Waals surface area contributed by atoms with Crippen molar-refractivity contribution in [1.29, 1.82) is 0 Å². The molecule has 0 aliphatic heterocycles. The van der Waals surface area contributed by atoms with Gasteiger partial charge < -0.3 is 5.32 Å². The summed E-state index contributed by atoms with van der Waals surface area (Å²) in [6.07, 6.45) is 2.97. The van der Waals surface area contributed by atoms with Crippen LogP contribution in [0.4, 0.5) is 5.13 Å². The molecule has 0 fully saturated rings. The second-order valence-electron chi connectivity index (χ2n) is 4.06. The van der Waals surface area contributed by atoms with Crippen LogP contribution in [0.25, 0.3) is 0 Å². The molecule has 2 aromatic heterocycles. The van der Waals surface area contributed by atoms with E-state index < -0.39 is 0 Å². The Kier molecular flexibility index (Phi) is 3.42. The molecule has 92 valence electrons. The smallest absolute Gasteiger partial charge is 0.206 e. The first-order chi connectivity index (χ1) is 8.10. The molecule has 2 heterocycles. The van der Waals surface area contributed by atoms with Crippen LogP contribution >= 0.6 is 11.3 Å². The first kappa shape index (κ1) is 12.0. The molecule has 0 amide bonds. The van der Waals surface area contributed by atoms with Crippen LogP contribution in [0.1, 0.15) is 36.2 Å². The van der Waals surface area contributed by atoms with Crippen molar-refractivity contribution < 1.29 is 0 Å². The Morgan fingerprint density at radius 2 is 2.24 bits per heavy atom. The van der Waals surface area contributed by atoms with Gasteiger partial charge in [0, 0.05) is 18.8 Å². The average molecular weight is 251 g/mol. The third-order valence-electron chi connectivity index (χ3n) is 2.63. The molecule has 17 heavy (non-hydrogen) atoms. The summed E-state index contributed by atoms with van der Waals surface area (Å²) in [7, 11) is 1.93. The summed E-state index contributed by atoms with van der Waals surface area (Å²) in [5.74, 6) is 0. The SMILES string of the molecule is CCc1nnc(NC(C)c2cn(C)nc2C)s1. The normalized spacial score (nSPS) is 12.7. The zero-order valence-electron chi connectivity index (χ0n) is 10.6. The first-order valence-electron chi connectivity index (χ1n) is 5.69. The van der Waals surface area contributed by atoms with Gasteiger partial charge in [0.2, 0.25) is 5.13 Å². The Morgan fingerprint density at radius 3 is 2.76 bits per heavy atom. The van der Waals surface area contributed by atoms with Crippen LogP contribution in [0, 0.1) is 6.92 Å². The molecule has 0 saturated heterocycles. The maximum atomic E-state index is 4.34. The number of aromatic nitrogens is 4. The molecule has 0 saturated carbocycles. The van der Waals surface area contributed by atoms with E-state index in [1.165, 1.54) is 5.56 Å². The van der Waals surface area contributed by atoms with Gasteiger partial charge in [0.05, 0.1) is 11.7 Å². The second kappa shape index (κ2) is 4.83. The minimum absolute atomic E-state index is 0.196. The van der Waals surface area contributed by atoms with E-state index in [2.05, 4.69) is 34.5 Å². The van der Waals surface area contributed by atoms with Crippen LogP contribution in [0.5, 0.6) is 0 Å². The number of hydrogen-bond acceptors (Lipinski definition) is 5. The van der Waals surface area contributed by atoms with Crippen molar-refractivity contribution in [2.24, 2.45) is 7.05 Å².